The second-order valence-electron chi connectivity index (χ2n) is 9.12. The van der Waals surface area contributed by atoms with E-state index in [4.69, 9.17) is 0 Å². The normalized spacial score (nSPS) is 25.1. The number of carbonyl (C=O) groups is 3. The number of amides is 3. The van der Waals surface area contributed by atoms with Crippen molar-refractivity contribution in [3.63, 3.8) is 0 Å². The van der Waals surface area contributed by atoms with Gasteiger partial charge < -0.3 is 10.2 Å². The Morgan fingerprint density at radius 2 is 1.91 bits per heavy atom. The summed E-state index contributed by atoms with van der Waals surface area (Å²) >= 11 is 0. The molecule has 1 unspecified atom stereocenters. The summed E-state index contributed by atoms with van der Waals surface area (Å²) in [4.78, 5) is 39.4. The summed E-state index contributed by atoms with van der Waals surface area (Å²) in [6.07, 6.45) is 2.62. The van der Waals surface area contributed by atoms with Crippen molar-refractivity contribution in [1.82, 2.24) is 10.2 Å². The van der Waals surface area contributed by atoms with Crippen molar-refractivity contribution < 1.29 is 22.8 Å². The SMILES string of the molecule is CCC1(c2ccc(NC(=O)[C@@H]3CCCN3C3=NS(=O)(=O)c4ccccc43)cc2)CCC(=O)NC1=O. The molecule has 3 amide bonds. The number of anilines is 1. The van der Waals surface area contributed by atoms with Gasteiger partial charge in [0.15, 0.2) is 5.84 Å². The fourth-order valence-electron chi connectivity index (χ4n) is 5.25. The van der Waals surface area contributed by atoms with Crippen molar-refractivity contribution in [2.75, 3.05) is 11.9 Å². The molecule has 2 aromatic carbocycles. The smallest absolute Gasteiger partial charge is 0.285 e. The number of carbonyl (C=O) groups excluding carboxylic acids is 3. The first-order chi connectivity index (χ1) is 16.7. The van der Waals surface area contributed by atoms with Crippen molar-refractivity contribution in [1.29, 1.82) is 0 Å². The zero-order valence-electron chi connectivity index (χ0n) is 19.3. The van der Waals surface area contributed by atoms with Crippen LogP contribution in [0.25, 0.3) is 0 Å². The minimum atomic E-state index is -3.77. The molecule has 10 heteroatoms. The van der Waals surface area contributed by atoms with E-state index in [9.17, 15) is 22.8 Å². The van der Waals surface area contributed by atoms with Gasteiger partial charge in [-0.25, -0.2) is 0 Å². The monoisotopic (exact) mass is 494 g/mol. The lowest BCUT2D eigenvalue weighted by molar-refractivity contribution is -0.138. The molecule has 3 aliphatic rings. The van der Waals surface area contributed by atoms with Crippen LogP contribution in [-0.4, -0.2) is 49.5 Å². The zero-order valence-corrected chi connectivity index (χ0v) is 20.1. The molecule has 3 heterocycles. The maximum atomic E-state index is 13.2. The van der Waals surface area contributed by atoms with Gasteiger partial charge in [0.2, 0.25) is 17.7 Å². The van der Waals surface area contributed by atoms with Gasteiger partial charge in [-0.15, -0.1) is 4.40 Å². The van der Waals surface area contributed by atoms with Gasteiger partial charge in [0.1, 0.15) is 10.9 Å². The Morgan fingerprint density at radius 1 is 1.17 bits per heavy atom. The Balaban J connectivity index is 1.34. The molecule has 9 nitrogen and oxygen atoms in total. The fourth-order valence-corrected chi connectivity index (χ4v) is 6.47. The number of piperidine rings is 1. The molecule has 0 saturated carbocycles. The molecule has 2 fully saturated rings. The number of hydrogen-bond donors (Lipinski definition) is 2. The lowest BCUT2D eigenvalue weighted by Crippen LogP contribution is -2.51. The van der Waals surface area contributed by atoms with Gasteiger partial charge in [0, 0.05) is 24.2 Å². The number of imide groups is 1. The van der Waals surface area contributed by atoms with Crippen LogP contribution in [0.4, 0.5) is 5.69 Å². The van der Waals surface area contributed by atoms with E-state index in [1.165, 1.54) is 6.07 Å². The molecule has 2 aromatic rings. The first kappa shape index (κ1) is 23.2. The minimum Gasteiger partial charge on any atom is -0.343 e. The van der Waals surface area contributed by atoms with Gasteiger partial charge in [-0.3, -0.25) is 19.7 Å². The number of hydrogen-bond acceptors (Lipinski definition) is 6. The largest absolute Gasteiger partial charge is 0.343 e. The van der Waals surface area contributed by atoms with Gasteiger partial charge in [-0.1, -0.05) is 31.2 Å². The Hall–Kier alpha value is -3.53. The van der Waals surface area contributed by atoms with E-state index >= 15 is 0 Å². The topological polar surface area (TPSA) is 125 Å². The van der Waals surface area contributed by atoms with Crippen molar-refractivity contribution >= 4 is 39.3 Å². The molecule has 35 heavy (non-hydrogen) atoms. The number of likely N-dealkylation sites (tertiary alicyclic amines) is 1. The number of nitrogens with zero attached hydrogens (tertiary/aromatic N) is 2. The second kappa shape index (κ2) is 8.60. The predicted octanol–water partition coefficient (Wildman–Crippen LogP) is 2.32. The molecule has 0 aromatic heterocycles. The van der Waals surface area contributed by atoms with Crippen LogP contribution >= 0.6 is 0 Å². The van der Waals surface area contributed by atoms with Gasteiger partial charge in [0.05, 0.1) is 5.41 Å². The van der Waals surface area contributed by atoms with E-state index in [1.807, 2.05) is 19.1 Å². The van der Waals surface area contributed by atoms with Crippen LogP contribution in [-0.2, 0) is 29.8 Å². The maximum Gasteiger partial charge on any atom is 0.285 e. The Kier molecular flexibility index (Phi) is 5.71. The summed E-state index contributed by atoms with van der Waals surface area (Å²) < 4.78 is 28.9. The zero-order chi connectivity index (χ0) is 24.8. The lowest BCUT2D eigenvalue weighted by atomic mass is 9.72. The number of fused-ring (bicyclic) bond motifs is 1. The van der Waals surface area contributed by atoms with E-state index in [0.29, 0.717) is 42.9 Å². The van der Waals surface area contributed by atoms with E-state index in [1.54, 1.807) is 35.2 Å². The first-order valence-electron chi connectivity index (χ1n) is 11.7. The van der Waals surface area contributed by atoms with Crippen LogP contribution in [0.15, 0.2) is 57.8 Å². The first-order valence-corrected chi connectivity index (χ1v) is 13.2. The highest BCUT2D eigenvalue weighted by atomic mass is 32.2. The van der Waals surface area contributed by atoms with Crippen LogP contribution in [0.3, 0.4) is 0 Å². The fraction of sp³-hybridized carbons (Fsp3) is 0.360. The summed E-state index contributed by atoms with van der Waals surface area (Å²) in [7, 11) is -3.77. The molecule has 5 rings (SSSR count). The third kappa shape index (κ3) is 3.91. The van der Waals surface area contributed by atoms with Crippen molar-refractivity contribution in [3.05, 3.63) is 59.7 Å². The third-order valence-electron chi connectivity index (χ3n) is 7.22. The molecule has 0 spiro atoms. The molecule has 2 atom stereocenters. The van der Waals surface area contributed by atoms with Crippen LogP contribution in [0.1, 0.15) is 50.2 Å². The Bertz CT molecular complexity index is 1350. The Morgan fingerprint density at radius 3 is 2.63 bits per heavy atom. The van der Waals surface area contributed by atoms with Gasteiger partial charge in [-0.2, -0.15) is 8.42 Å². The van der Waals surface area contributed by atoms with Crippen molar-refractivity contribution in [3.8, 4) is 0 Å². The molecule has 3 aliphatic heterocycles. The van der Waals surface area contributed by atoms with E-state index in [2.05, 4.69) is 15.0 Å². The van der Waals surface area contributed by atoms with E-state index < -0.39 is 21.5 Å². The number of benzene rings is 2. The summed E-state index contributed by atoms with van der Waals surface area (Å²) in [5, 5.41) is 5.36. The number of sulfonamides is 1. The summed E-state index contributed by atoms with van der Waals surface area (Å²) in [5.74, 6) is -0.476. The molecule has 0 radical (unpaired) electrons. The van der Waals surface area contributed by atoms with Crippen LogP contribution in [0.5, 0.6) is 0 Å². The second-order valence-corrected chi connectivity index (χ2v) is 10.7. The quantitative estimate of drug-likeness (QED) is 0.629. The molecule has 0 aliphatic carbocycles. The van der Waals surface area contributed by atoms with Crippen LogP contribution in [0, 0.1) is 0 Å². The maximum absolute atomic E-state index is 13.2. The molecular weight excluding hydrogens is 468 g/mol. The van der Waals surface area contributed by atoms with Gasteiger partial charge in [-0.05, 0) is 55.5 Å². The van der Waals surface area contributed by atoms with Crippen LogP contribution in [0.2, 0.25) is 0 Å². The average molecular weight is 495 g/mol. The standard InChI is InChI=1S/C25H26N4O5S/c1-2-25(14-13-21(30)27-24(25)32)16-9-11-17(12-10-16)26-23(31)19-7-5-15-29(19)22-18-6-3-4-8-20(18)35(33,34)28-22/h3-4,6,8-12,19H,2,5,7,13-15H2,1H3,(H,26,31)(H,27,30,32)/t19-,25?/m0/s1. The van der Waals surface area contributed by atoms with Gasteiger partial charge >= 0.3 is 0 Å². The average Bonchev–Trinajstić information content (AvgIpc) is 3.43. The molecule has 2 saturated heterocycles. The number of nitrogens with one attached hydrogen (secondary N) is 2. The summed E-state index contributed by atoms with van der Waals surface area (Å²) in [5.41, 5.74) is 1.13. The number of amidine groups is 1. The molecular formula is C25H26N4O5S. The highest BCUT2D eigenvalue weighted by Crippen LogP contribution is 2.36. The summed E-state index contributed by atoms with van der Waals surface area (Å²) in [6.45, 7) is 2.45. The van der Waals surface area contributed by atoms with Crippen molar-refractivity contribution in [2.45, 2.75) is 55.4 Å². The third-order valence-corrected chi connectivity index (χ3v) is 8.54. The molecule has 0 bridgehead atoms. The lowest BCUT2D eigenvalue weighted by Gasteiger charge is -2.35. The molecule has 182 valence electrons. The van der Waals surface area contributed by atoms with E-state index in [0.717, 1.165) is 12.0 Å². The minimum absolute atomic E-state index is 0.162. The number of rotatable bonds is 4. The highest BCUT2D eigenvalue weighted by molar-refractivity contribution is 7.90. The highest BCUT2D eigenvalue weighted by Gasteiger charge is 2.43. The van der Waals surface area contributed by atoms with Gasteiger partial charge in [0.25, 0.3) is 10.0 Å². The Labute approximate surface area is 203 Å². The molecule has 2 N–H and O–H groups in total. The summed E-state index contributed by atoms with van der Waals surface area (Å²) in [6, 6.07) is 13.2. The van der Waals surface area contributed by atoms with E-state index in [-0.39, 0.29) is 29.0 Å². The van der Waals surface area contributed by atoms with Crippen molar-refractivity contribution in [2.24, 2.45) is 4.40 Å². The van der Waals surface area contributed by atoms with Crippen LogP contribution < -0.4 is 10.6 Å². The predicted molar refractivity (Wildman–Crippen MR) is 129 cm³/mol.